The molecule has 3 nitrogen and oxygen atoms in total. The number of aryl methyl sites for hydroxylation is 2. The van der Waals surface area contributed by atoms with E-state index in [1.807, 2.05) is 0 Å². The number of fused-ring (bicyclic) bond motifs is 1. The Bertz CT molecular complexity index is 354. The summed E-state index contributed by atoms with van der Waals surface area (Å²) < 4.78 is 2.45. The van der Waals surface area contributed by atoms with E-state index in [-0.39, 0.29) is 0 Å². The number of hydrogen-bond donors (Lipinski definition) is 1. The third kappa shape index (κ3) is 2.14. The Hall–Kier alpha value is -0.830. The minimum absolute atomic E-state index is 0.767. The standard InChI is InChI=1S/C13H23N3/c1-3-13-15-11(5-4-7-14)12-9-10(2)6-8-16(12)13/h10H,3-9,14H2,1-2H3. The van der Waals surface area contributed by atoms with E-state index in [1.165, 1.54) is 30.1 Å². The van der Waals surface area contributed by atoms with Crippen LogP contribution in [-0.2, 0) is 25.8 Å². The molecule has 1 aromatic rings. The minimum Gasteiger partial charge on any atom is -0.332 e. The first-order chi connectivity index (χ1) is 7.76. The number of nitrogens with zero attached hydrogens (tertiary/aromatic N) is 2. The lowest BCUT2D eigenvalue weighted by Crippen LogP contribution is -2.19. The molecule has 0 bridgehead atoms. The van der Waals surface area contributed by atoms with Crippen LogP contribution in [0.3, 0.4) is 0 Å². The van der Waals surface area contributed by atoms with Crippen molar-refractivity contribution in [2.24, 2.45) is 11.7 Å². The number of imidazole rings is 1. The fourth-order valence-corrected chi connectivity index (χ4v) is 2.61. The van der Waals surface area contributed by atoms with Gasteiger partial charge in [0.15, 0.2) is 0 Å². The molecule has 0 fully saturated rings. The maximum absolute atomic E-state index is 5.58. The molecule has 2 rings (SSSR count). The predicted molar refractivity (Wildman–Crippen MR) is 66.5 cm³/mol. The molecule has 1 aliphatic rings. The molecule has 1 aromatic heterocycles. The van der Waals surface area contributed by atoms with Crippen LogP contribution in [0.25, 0.3) is 0 Å². The summed E-state index contributed by atoms with van der Waals surface area (Å²) in [6.07, 6.45) is 5.66. The Morgan fingerprint density at radius 1 is 1.50 bits per heavy atom. The maximum Gasteiger partial charge on any atom is 0.108 e. The molecule has 0 amide bonds. The third-order valence-corrected chi connectivity index (χ3v) is 3.56. The fraction of sp³-hybridized carbons (Fsp3) is 0.769. The van der Waals surface area contributed by atoms with Gasteiger partial charge in [-0.05, 0) is 38.1 Å². The molecule has 0 saturated carbocycles. The first-order valence-corrected chi connectivity index (χ1v) is 6.53. The minimum atomic E-state index is 0.767. The quantitative estimate of drug-likeness (QED) is 0.844. The second-order valence-electron chi connectivity index (χ2n) is 4.92. The largest absolute Gasteiger partial charge is 0.332 e. The van der Waals surface area contributed by atoms with Crippen LogP contribution in [0.2, 0.25) is 0 Å². The topological polar surface area (TPSA) is 43.8 Å². The summed E-state index contributed by atoms with van der Waals surface area (Å²) in [5.74, 6) is 2.08. The van der Waals surface area contributed by atoms with Gasteiger partial charge in [0.05, 0.1) is 5.69 Å². The van der Waals surface area contributed by atoms with Gasteiger partial charge in [-0.15, -0.1) is 0 Å². The summed E-state index contributed by atoms with van der Waals surface area (Å²) in [4.78, 5) is 4.79. The van der Waals surface area contributed by atoms with E-state index in [9.17, 15) is 0 Å². The van der Waals surface area contributed by atoms with Crippen molar-refractivity contribution in [3.8, 4) is 0 Å². The summed E-state index contributed by atoms with van der Waals surface area (Å²) in [5, 5.41) is 0. The maximum atomic E-state index is 5.58. The summed E-state index contributed by atoms with van der Waals surface area (Å²) in [6, 6.07) is 0. The van der Waals surface area contributed by atoms with Gasteiger partial charge in [0.25, 0.3) is 0 Å². The number of rotatable bonds is 4. The monoisotopic (exact) mass is 221 g/mol. The zero-order valence-corrected chi connectivity index (χ0v) is 10.5. The molecule has 0 radical (unpaired) electrons. The smallest absolute Gasteiger partial charge is 0.108 e. The number of nitrogens with two attached hydrogens (primary N) is 1. The lowest BCUT2D eigenvalue weighted by molar-refractivity contribution is 0.407. The van der Waals surface area contributed by atoms with Crippen LogP contribution in [0.5, 0.6) is 0 Å². The van der Waals surface area contributed by atoms with Crippen molar-refractivity contribution >= 4 is 0 Å². The Morgan fingerprint density at radius 2 is 2.31 bits per heavy atom. The predicted octanol–water partition coefficient (Wildman–Crippen LogP) is 1.92. The van der Waals surface area contributed by atoms with Crippen LogP contribution >= 0.6 is 0 Å². The molecule has 0 saturated heterocycles. The second kappa shape index (κ2) is 5.00. The summed E-state index contributed by atoms with van der Waals surface area (Å²) in [5.41, 5.74) is 8.39. The van der Waals surface area contributed by atoms with Gasteiger partial charge in [0, 0.05) is 18.7 Å². The molecule has 0 aliphatic carbocycles. The van der Waals surface area contributed by atoms with Crippen molar-refractivity contribution in [2.75, 3.05) is 6.54 Å². The lowest BCUT2D eigenvalue weighted by atomic mass is 9.96. The Labute approximate surface area is 98.1 Å². The van der Waals surface area contributed by atoms with E-state index in [1.54, 1.807) is 0 Å². The van der Waals surface area contributed by atoms with Gasteiger partial charge in [-0.2, -0.15) is 0 Å². The van der Waals surface area contributed by atoms with Crippen LogP contribution in [-0.4, -0.2) is 16.1 Å². The average Bonchev–Trinajstić information content (AvgIpc) is 2.64. The lowest BCUT2D eigenvalue weighted by Gasteiger charge is -2.22. The molecule has 0 spiro atoms. The second-order valence-corrected chi connectivity index (χ2v) is 4.92. The molecule has 0 aromatic carbocycles. The molecule has 2 N–H and O–H groups in total. The summed E-state index contributed by atoms with van der Waals surface area (Å²) in [6.45, 7) is 6.47. The highest BCUT2D eigenvalue weighted by Gasteiger charge is 2.21. The highest BCUT2D eigenvalue weighted by Crippen LogP contribution is 2.25. The van der Waals surface area contributed by atoms with E-state index in [0.717, 1.165) is 38.3 Å². The normalized spacial score (nSPS) is 19.8. The summed E-state index contributed by atoms with van der Waals surface area (Å²) >= 11 is 0. The Kier molecular flexibility index (Phi) is 3.64. The first-order valence-electron chi connectivity index (χ1n) is 6.53. The van der Waals surface area contributed by atoms with Gasteiger partial charge >= 0.3 is 0 Å². The number of hydrogen-bond acceptors (Lipinski definition) is 2. The van der Waals surface area contributed by atoms with Gasteiger partial charge in [0.1, 0.15) is 5.82 Å². The molecule has 1 atom stereocenters. The van der Waals surface area contributed by atoms with Gasteiger partial charge in [-0.3, -0.25) is 0 Å². The highest BCUT2D eigenvalue weighted by molar-refractivity contribution is 5.20. The Balaban J connectivity index is 2.27. The van der Waals surface area contributed by atoms with Crippen molar-refractivity contribution in [1.82, 2.24) is 9.55 Å². The van der Waals surface area contributed by atoms with Crippen molar-refractivity contribution in [3.63, 3.8) is 0 Å². The van der Waals surface area contributed by atoms with Gasteiger partial charge < -0.3 is 10.3 Å². The number of aromatic nitrogens is 2. The van der Waals surface area contributed by atoms with Crippen molar-refractivity contribution in [1.29, 1.82) is 0 Å². The zero-order chi connectivity index (χ0) is 11.5. The van der Waals surface area contributed by atoms with Gasteiger partial charge in [0.2, 0.25) is 0 Å². The van der Waals surface area contributed by atoms with E-state index < -0.39 is 0 Å². The molecule has 2 heterocycles. The molecule has 1 unspecified atom stereocenters. The fourth-order valence-electron chi connectivity index (χ4n) is 2.61. The molecular weight excluding hydrogens is 198 g/mol. The first kappa shape index (κ1) is 11.6. The molecule has 1 aliphatic heterocycles. The van der Waals surface area contributed by atoms with Gasteiger partial charge in [-0.25, -0.2) is 4.98 Å². The van der Waals surface area contributed by atoms with Crippen molar-refractivity contribution < 1.29 is 0 Å². The molecular formula is C13H23N3. The van der Waals surface area contributed by atoms with E-state index in [4.69, 9.17) is 10.7 Å². The third-order valence-electron chi connectivity index (χ3n) is 3.56. The van der Waals surface area contributed by atoms with Crippen LogP contribution < -0.4 is 5.73 Å². The van der Waals surface area contributed by atoms with Crippen LogP contribution in [0.4, 0.5) is 0 Å². The Morgan fingerprint density at radius 3 is 3.00 bits per heavy atom. The van der Waals surface area contributed by atoms with Crippen LogP contribution in [0.15, 0.2) is 0 Å². The van der Waals surface area contributed by atoms with Crippen LogP contribution in [0, 0.1) is 5.92 Å². The molecule has 3 heteroatoms. The van der Waals surface area contributed by atoms with Crippen molar-refractivity contribution in [3.05, 3.63) is 17.2 Å². The highest BCUT2D eigenvalue weighted by atomic mass is 15.1. The average molecular weight is 221 g/mol. The molecule has 90 valence electrons. The zero-order valence-electron chi connectivity index (χ0n) is 10.5. The SMILES string of the molecule is CCc1nc(CCCN)c2n1CCC(C)C2. The van der Waals surface area contributed by atoms with E-state index in [2.05, 4.69) is 18.4 Å². The molecule has 16 heavy (non-hydrogen) atoms. The van der Waals surface area contributed by atoms with Crippen LogP contribution in [0.1, 0.15) is 43.9 Å². The van der Waals surface area contributed by atoms with Crippen molar-refractivity contribution in [2.45, 2.75) is 52.5 Å². The summed E-state index contributed by atoms with van der Waals surface area (Å²) in [7, 11) is 0. The van der Waals surface area contributed by atoms with E-state index in [0.29, 0.717) is 0 Å². The van der Waals surface area contributed by atoms with Gasteiger partial charge in [-0.1, -0.05) is 13.8 Å². The van der Waals surface area contributed by atoms with E-state index >= 15 is 0 Å².